The van der Waals surface area contributed by atoms with Crippen molar-refractivity contribution >= 4 is 5.69 Å². The van der Waals surface area contributed by atoms with E-state index in [1.165, 1.54) is 33.7 Å². The smallest absolute Gasteiger partial charge is 0.225 e. The predicted molar refractivity (Wildman–Crippen MR) is 75.4 cm³/mol. The van der Waals surface area contributed by atoms with E-state index in [0.717, 1.165) is 0 Å². The molecule has 0 spiro atoms. The topological polar surface area (TPSA) is 65.5 Å². The lowest BCUT2D eigenvalue weighted by Crippen LogP contribution is -2.07. The summed E-state index contributed by atoms with van der Waals surface area (Å²) in [6.45, 7) is 0.363. The van der Waals surface area contributed by atoms with E-state index < -0.39 is 5.82 Å². The molecule has 0 radical (unpaired) electrons. The summed E-state index contributed by atoms with van der Waals surface area (Å²) in [7, 11) is 4.46. The summed E-state index contributed by atoms with van der Waals surface area (Å²) >= 11 is 0. The molecule has 0 aliphatic carbocycles. The number of ether oxygens (including phenoxy) is 3. The molecule has 0 amide bonds. The van der Waals surface area contributed by atoms with E-state index in [4.69, 9.17) is 14.2 Å². The Kier molecular flexibility index (Phi) is 4.76. The van der Waals surface area contributed by atoms with Gasteiger partial charge in [-0.05, 0) is 12.1 Å². The Labute approximate surface area is 121 Å². The summed E-state index contributed by atoms with van der Waals surface area (Å²) in [6, 6.07) is 4.51. The van der Waals surface area contributed by atoms with Crippen LogP contribution in [0.2, 0.25) is 0 Å². The molecule has 6 nitrogen and oxygen atoms in total. The molecular weight excluding hydrogens is 277 g/mol. The van der Waals surface area contributed by atoms with E-state index in [9.17, 15) is 4.39 Å². The van der Waals surface area contributed by atoms with Crippen LogP contribution in [0.3, 0.4) is 0 Å². The number of nitrogens with zero attached hydrogens (tertiary/aromatic N) is 2. The van der Waals surface area contributed by atoms with Crippen molar-refractivity contribution in [1.29, 1.82) is 0 Å². The molecular formula is C14H16FN3O3. The molecule has 0 aliphatic rings. The fourth-order valence-corrected chi connectivity index (χ4v) is 1.84. The summed E-state index contributed by atoms with van der Waals surface area (Å²) in [5.74, 6) is 0.594. The van der Waals surface area contributed by atoms with Gasteiger partial charge in [0.05, 0.1) is 33.4 Å². The number of aromatic nitrogens is 2. The lowest BCUT2D eigenvalue weighted by molar-refractivity contribution is 0.363. The molecule has 1 heterocycles. The van der Waals surface area contributed by atoms with Crippen LogP contribution in [0.1, 0.15) is 5.56 Å². The molecule has 0 unspecified atom stereocenters. The highest BCUT2D eigenvalue weighted by Gasteiger charge is 2.13. The molecule has 1 aromatic carbocycles. The minimum Gasteiger partial charge on any atom is -0.494 e. The predicted octanol–water partition coefficient (Wildman–Crippen LogP) is 2.25. The average molecular weight is 293 g/mol. The first-order valence-corrected chi connectivity index (χ1v) is 6.18. The van der Waals surface area contributed by atoms with Crippen molar-refractivity contribution in [2.45, 2.75) is 6.54 Å². The third-order valence-corrected chi connectivity index (χ3v) is 2.87. The van der Waals surface area contributed by atoms with Crippen molar-refractivity contribution in [2.24, 2.45) is 0 Å². The number of halogens is 1. The van der Waals surface area contributed by atoms with E-state index in [1.54, 1.807) is 12.1 Å². The number of benzene rings is 1. The van der Waals surface area contributed by atoms with Crippen molar-refractivity contribution in [3.63, 3.8) is 0 Å². The van der Waals surface area contributed by atoms with Gasteiger partial charge in [-0.1, -0.05) is 0 Å². The van der Waals surface area contributed by atoms with Crippen molar-refractivity contribution in [1.82, 2.24) is 9.97 Å². The van der Waals surface area contributed by atoms with Gasteiger partial charge in [-0.15, -0.1) is 0 Å². The number of anilines is 1. The van der Waals surface area contributed by atoms with Gasteiger partial charge in [0.1, 0.15) is 6.33 Å². The molecule has 0 bridgehead atoms. The second-order valence-electron chi connectivity index (χ2n) is 4.07. The lowest BCUT2D eigenvalue weighted by atomic mass is 10.2. The summed E-state index contributed by atoms with van der Waals surface area (Å²) in [4.78, 5) is 8.06. The summed E-state index contributed by atoms with van der Waals surface area (Å²) in [5.41, 5.74) is 1.37. The minimum atomic E-state index is -0.416. The Morgan fingerprint density at radius 2 is 1.71 bits per heavy atom. The van der Waals surface area contributed by atoms with E-state index >= 15 is 0 Å². The zero-order valence-electron chi connectivity index (χ0n) is 12.0. The molecule has 0 saturated heterocycles. The van der Waals surface area contributed by atoms with Gasteiger partial charge in [0.15, 0.2) is 11.6 Å². The van der Waals surface area contributed by atoms with Crippen LogP contribution in [0.4, 0.5) is 10.1 Å². The molecule has 21 heavy (non-hydrogen) atoms. The number of rotatable bonds is 6. The van der Waals surface area contributed by atoms with Gasteiger partial charge in [-0.3, -0.25) is 0 Å². The Morgan fingerprint density at radius 3 is 2.29 bits per heavy atom. The lowest BCUT2D eigenvalue weighted by Gasteiger charge is -2.13. The molecule has 7 heteroatoms. The highest BCUT2D eigenvalue weighted by molar-refractivity contribution is 5.50. The van der Waals surface area contributed by atoms with E-state index in [0.29, 0.717) is 29.6 Å². The van der Waals surface area contributed by atoms with Crippen LogP contribution in [0.25, 0.3) is 0 Å². The molecule has 1 aromatic heterocycles. The van der Waals surface area contributed by atoms with Crippen molar-refractivity contribution < 1.29 is 18.6 Å². The minimum absolute atomic E-state index is 0.170. The summed E-state index contributed by atoms with van der Waals surface area (Å²) < 4.78 is 28.7. The third-order valence-electron chi connectivity index (χ3n) is 2.87. The van der Waals surface area contributed by atoms with Crippen molar-refractivity contribution in [3.8, 4) is 17.5 Å². The van der Waals surface area contributed by atoms with Crippen LogP contribution in [-0.4, -0.2) is 31.3 Å². The van der Waals surface area contributed by atoms with E-state index in [1.807, 2.05) is 0 Å². The Hall–Kier alpha value is -2.57. The van der Waals surface area contributed by atoms with Gasteiger partial charge in [0.25, 0.3) is 0 Å². The van der Waals surface area contributed by atoms with Gasteiger partial charge in [0.2, 0.25) is 11.8 Å². The molecule has 2 aromatic rings. The van der Waals surface area contributed by atoms with Crippen LogP contribution in [0, 0.1) is 5.82 Å². The first-order valence-electron chi connectivity index (χ1n) is 6.18. The Balaban J connectivity index is 2.20. The fraction of sp³-hybridized carbons (Fsp3) is 0.286. The Bertz CT molecular complexity index is 600. The zero-order valence-corrected chi connectivity index (χ0v) is 12.0. The first kappa shape index (κ1) is 14.8. The van der Waals surface area contributed by atoms with Crippen molar-refractivity contribution in [2.75, 3.05) is 26.6 Å². The second-order valence-corrected chi connectivity index (χ2v) is 4.07. The molecule has 0 saturated carbocycles. The normalized spacial score (nSPS) is 10.1. The quantitative estimate of drug-likeness (QED) is 0.881. The number of nitrogens with one attached hydrogen (secondary N) is 1. The Morgan fingerprint density at radius 1 is 1.05 bits per heavy atom. The molecule has 0 aliphatic heterocycles. The van der Waals surface area contributed by atoms with Gasteiger partial charge < -0.3 is 19.5 Å². The maximum absolute atomic E-state index is 13.4. The maximum atomic E-state index is 13.4. The second kappa shape index (κ2) is 6.74. The third kappa shape index (κ3) is 3.31. The highest BCUT2D eigenvalue weighted by Crippen LogP contribution is 2.26. The van der Waals surface area contributed by atoms with Gasteiger partial charge >= 0.3 is 0 Å². The van der Waals surface area contributed by atoms with Crippen LogP contribution < -0.4 is 19.5 Å². The van der Waals surface area contributed by atoms with Gasteiger partial charge in [0, 0.05) is 11.8 Å². The average Bonchev–Trinajstić information content (AvgIpc) is 2.53. The van der Waals surface area contributed by atoms with Crippen LogP contribution in [0.5, 0.6) is 17.5 Å². The molecule has 2 rings (SSSR count). The fourth-order valence-electron chi connectivity index (χ4n) is 1.84. The maximum Gasteiger partial charge on any atom is 0.225 e. The highest BCUT2D eigenvalue weighted by atomic mass is 19.1. The van der Waals surface area contributed by atoms with Crippen LogP contribution in [-0.2, 0) is 6.54 Å². The standard InChI is InChI=1S/C14H16FN3O3/c1-19-12-6-9(4-5-11(12)15)16-7-10-13(20-2)17-8-18-14(10)21-3/h4-6,8,16H,7H2,1-3H3. The van der Waals surface area contributed by atoms with E-state index in [-0.39, 0.29) is 5.75 Å². The summed E-state index contributed by atoms with van der Waals surface area (Å²) in [6.07, 6.45) is 1.36. The van der Waals surface area contributed by atoms with E-state index in [2.05, 4.69) is 15.3 Å². The largest absolute Gasteiger partial charge is 0.494 e. The molecule has 1 N–H and O–H groups in total. The number of methoxy groups -OCH3 is 3. The van der Waals surface area contributed by atoms with Crippen LogP contribution >= 0.6 is 0 Å². The zero-order chi connectivity index (χ0) is 15.2. The molecule has 112 valence electrons. The molecule has 0 fully saturated rings. The first-order chi connectivity index (χ1) is 10.2. The molecule has 0 atom stereocenters. The number of hydrogen-bond donors (Lipinski definition) is 1. The van der Waals surface area contributed by atoms with Gasteiger partial charge in [-0.25, -0.2) is 14.4 Å². The van der Waals surface area contributed by atoms with Crippen LogP contribution in [0.15, 0.2) is 24.5 Å². The summed E-state index contributed by atoms with van der Waals surface area (Å²) in [5, 5.41) is 3.13. The number of hydrogen-bond acceptors (Lipinski definition) is 6. The monoisotopic (exact) mass is 293 g/mol. The SMILES string of the molecule is COc1cc(NCc2c(OC)ncnc2OC)ccc1F. The van der Waals surface area contributed by atoms with Crippen molar-refractivity contribution in [3.05, 3.63) is 35.9 Å². The van der Waals surface area contributed by atoms with Gasteiger partial charge in [-0.2, -0.15) is 0 Å².